The summed E-state index contributed by atoms with van der Waals surface area (Å²) in [5.41, 5.74) is 0.312. The molecule has 2 aliphatic rings. The molecule has 0 aromatic heterocycles. The predicted octanol–water partition coefficient (Wildman–Crippen LogP) is 3.15. The molecule has 2 rings (SSSR count). The number of urea groups is 1. The van der Waals surface area contributed by atoms with Crippen LogP contribution in [0.1, 0.15) is 65.2 Å². The molecule has 0 aromatic carbocycles. The molecule has 2 amide bonds. The summed E-state index contributed by atoms with van der Waals surface area (Å²) in [6.45, 7) is 5.24. The Balaban J connectivity index is 1.69. The zero-order valence-electron chi connectivity index (χ0n) is 13.9. The Kier molecular flexibility index (Phi) is 5.70. The number of rotatable bonds is 6. The second-order valence-electron chi connectivity index (χ2n) is 7.67. The van der Waals surface area contributed by atoms with Gasteiger partial charge in [0, 0.05) is 12.6 Å². The highest BCUT2D eigenvalue weighted by molar-refractivity contribution is 5.74. The second-order valence-corrected chi connectivity index (χ2v) is 7.67. The first-order valence-corrected chi connectivity index (χ1v) is 8.67. The van der Waals surface area contributed by atoms with Crippen molar-refractivity contribution >= 4 is 12.0 Å². The molecule has 3 N–H and O–H groups in total. The highest BCUT2D eigenvalue weighted by Crippen LogP contribution is 2.45. The lowest BCUT2D eigenvalue weighted by Gasteiger charge is -2.43. The maximum absolute atomic E-state index is 12.1. The van der Waals surface area contributed by atoms with E-state index in [1.807, 2.05) is 0 Å². The maximum atomic E-state index is 12.1. The van der Waals surface area contributed by atoms with Gasteiger partial charge < -0.3 is 15.7 Å². The molecule has 0 heterocycles. The van der Waals surface area contributed by atoms with Gasteiger partial charge in [0.25, 0.3) is 0 Å². The molecular weight excluding hydrogens is 280 g/mol. The van der Waals surface area contributed by atoms with Crippen LogP contribution in [-0.2, 0) is 4.79 Å². The fourth-order valence-electron chi connectivity index (χ4n) is 3.98. The largest absolute Gasteiger partial charge is 0.481 e. The molecule has 0 atom stereocenters. The monoisotopic (exact) mass is 310 g/mol. The average molecular weight is 310 g/mol. The van der Waals surface area contributed by atoms with Gasteiger partial charge in [0.05, 0.1) is 5.92 Å². The molecule has 2 aliphatic carbocycles. The minimum absolute atomic E-state index is 0.0891. The van der Waals surface area contributed by atoms with Gasteiger partial charge in [0.2, 0.25) is 0 Å². The minimum atomic E-state index is -0.705. The Morgan fingerprint density at radius 2 is 1.82 bits per heavy atom. The zero-order valence-corrected chi connectivity index (χ0v) is 13.9. The molecule has 5 heteroatoms. The summed E-state index contributed by atoms with van der Waals surface area (Å²) < 4.78 is 0. The van der Waals surface area contributed by atoms with E-state index in [0.29, 0.717) is 24.2 Å². The van der Waals surface area contributed by atoms with Crippen LogP contribution in [0, 0.1) is 17.3 Å². The molecule has 5 nitrogen and oxygen atoms in total. The molecule has 0 unspecified atom stereocenters. The molecule has 0 saturated heterocycles. The number of carbonyl (C=O) groups is 2. The molecule has 2 saturated carbocycles. The fourth-order valence-corrected chi connectivity index (χ4v) is 3.98. The summed E-state index contributed by atoms with van der Waals surface area (Å²) in [6, 6.07) is 0.0341. The lowest BCUT2D eigenvalue weighted by molar-refractivity contribution is -0.142. The van der Waals surface area contributed by atoms with Gasteiger partial charge in [-0.25, -0.2) is 4.79 Å². The molecule has 22 heavy (non-hydrogen) atoms. The highest BCUT2D eigenvalue weighted by Gasteiger charge is 2.37. The Bertz CT molecular complexity index is 397. The van der Waals surface area contributed by atoms with Crippen LogP contribution in [0.2, 0.25) is 0 Å². The van der Waals surface area contributed by atoms with Gasteiger partial charge in [-0.2, -0.15) is 0 Å². The third kappa shape index (κ3) is 4.62. The normalized spacial score (nSPS) is 27.0. The Morgan fingerprint density at radius 1 is 1.18 bits per heavy atom. The van der Waals surface area contributed by atoms with Crippen LogP contribution in [0.4, 0.5) is 4.79 Å². The second kappa shape index (κ2) is 7.34. The fraction of sp³-hybridized carbons (Fsp3) is 0.882. The molecule has 0 radical (unpaired) electrons. The average Bonchev–Trinajstić information content (AvgIpc) is 2.42. The van der Waals surface area contributed by atoms with Gasteiger partial charge in [-0.1, -0.05) is 20.3 Å². The predicted molar refractivity (Wildman–Crippen MR) is 85.7 cm³/mol. The van der Waals surface area contributed by atoms with E-state index >= 15 is 0 Å². The summed E-state index contributed by atoms with van der Waals surface area (Å²) in [4.78, 5) is 23.0. The number of nitrogens with one attached hydrogen (secondary N) is 2. The Labute approximate surface area is 133 Å². The van der Waals surface area contributed by atoms with Crippen LogP contribution in [0.25, 0.3) is 0 Å². The third-order valence-electron chi connectivity index (χ3n) is 5.29. The molecule has 0 aromatic rings. The molecule has 0 spiro atoms. The van der Waals surface area contributed by atoms with Gasteiger partial charge in [-0.05, 0) is 56.3 Å². The number of carboxylic acids is 1. The van der Waals surface area contributed by atoms with E-state index in [4.69, 9.17) is 5.11 Å². The Hall–Kier alpha value is -1.26. The van der Waals surface area contributed by atoms with E-state index in [0.717, 1.165) is 19.4 Å². The number of aliphatic carboxylic acids is 1. The summed E-state index contributed by atoms with van der Waals surface area (Å²) >= 11 is 0. The van der Waals surface area contributed by atoms with Crippen molar-refractivity contribution in [3.63, 3.8) is 0 Å². The van der Waals surface area contributed by atoms with Gasteiger partial charge in [0.1, 0.15) is 0 Å². The van der Waals surface area contributed by atoms with Crippen LogP contribution in [0.3, 0.4) is 0 Å². The topological polar surface area (TPSA) is 78.4 Å². The van der Waals surface area contributed by atoms with E-state index < -0.39 is 5.97 Å². The van der Waals surface area contributed by atoms with Crippen LogP contribution < -0.4 is 10.6 Å². The maximum Gasteiger partial charge on any atom is 0.315 e. The van der Waals surface area contributed by atoms with Crippen molar-refractivity contribution in [2.24, 2.45) is 17.3 Å². The van der Waals surface area contributed by atoms with Crippen molar-refractivity contribution in [2.75, 3.05) is 6.54 Å². The van der Waals surface area contributed by atoms with Crippen LogP contribution in [0.15, 0.2) is 0 Å². The number of amides is 2. The van der Waals surface area contributed by atoms with E-state index in [2.05, 4.69) is 24.5 Å². The van der Waals surface area contributed by atoms with Gasteiger partial charge >= 0.3 is 12.0 Å². The third-order valence-corrected chi connectivity index (χ3v) is 5.29. The summed E-state index contributed by atoms with van der Waals surface area (Å²) in [6.07, 6.45) is 7.74. The molecule has 0 aliphatic heterocycles. The Morgan fingerprint density at radius 3 is 2.27 bits per heavy atom. The van der Waals surface area contributed by atoms with E-state index in [1.165, 1.54) is 25.7 Å². The standard InChI is InChI=1S/C17H30N2O3/c1-12(2)10-17(8-3-9-17)11-18-16(22)19-14-6-4-13(5-7-14)15(20)21/h12-14H,3-11H2,1-2H3,(H,20,21)(H2,18,19,22). The summed E-state index contributed by atoms with van der Waals surface area (Å²) in [5.74, 6) is -0.273. The minimum Gasteiger partial charge on any atom is -0.481 e. The zero-order chi connectivity index (χ0) is 16.2. The van der Waals surface area contributed by atoms with Crippen LogP contribution in [-0.4, -0.2) is 29.7 Å². The lowest BCUT2D eigenvalue weighted by Crippen LogP contribution is -2.49. The van der Waals surface area contributed by atoms with Crippen molar-refractivity contribution in [3.05, 3.63) is 0 Å². The van der Waals surface area contributed by atoms with Crippen molar-refractivity contribution in [2.45, 2.75) is 71.3 Å². The smallest absolute Gasteiger partial charge is 0.315 e. The van der Waals surface area contributed by atoms with E-state index in [9.17, 15) is 9.59 Å². The van der Waals surface area contributed by atoms with Gasteiger partial charge in [0.15, 0.2) is 0 Å². The highest BCUT2D eigenvalue weighted by atomic mass is 16.4. The summed E-state index contributed by atoms with van der Waals surface area (Å²) in [7, 11) is 0. The molecule has 126 valence electrons. The number of hydrogen-bond donors (Lipinski definition) is 3. The van der Waals surface area contributed by atoms with Crippen molar-refractivity contribution in [1.82, 2.24) is 10.6 Å². The van der Waals surface area contributed by atoms with Crippen LogP contribution >= 0.6 is 0 Å². The first kappa shape index (κ1) is 17.1. The quantitative estimate of drug-likeness (QED) is 0.705. The SMILES string of the molecule is CC(C)CC1(CNC(=O)NC2CCC(C(=O)O)CC2)CCC1. The van der Waals surface area contributed by atoms with Crippen LogP contribution in [0.5, 0.6) is 0 Å². The molecular formula is C17H30N2O3. The first-order chi connectivity index (χ1) is 10.4. The van der Waals surface area contributed by atoms with Gasteiger partial charge in [-0.15, -0.1) is 0 Å². The van der Waals surface area contributed by atoms with Gasteiger partial charge in [-0.3, -0.25) is 4.79 Å². The summed E-state index contributed by atoms with van der Waals surface area (Å²) in [5, 5.41) is 15.0. The van der Waals surface area contributed by atoms with Crippen molar-refractivity contribution in [1.29, 1.82) is 0 Å². The lowest BCUT2D eigenvalue weighted by atomic mass is 9.64. The molecule has 0 bridgehead atoms. The first-order valence-electron chi connectivity index (χ1n) is 8.67. The van der Waals surface area contributed by atoms with E-state index in [1.54, 1.807) is 0 Å². The number of carbonyl (C=O) groups excluding carboxylic acids is 1. The molecule has 2 fully saturated rings. The number of carboxylic acid groups (broad SMARTS) is 1. The number of hydrogen-bond acceptors (Lipinski definition) is 2. The van der Waals surface area contributed by atoms with Crippen molar-refractivity contribution < 1.29 is 14.7 Å². The van der Waals surface area contributed by atoms with Crippen molar-refractivity contribution in [3.8, 4) is 0 Å². The van der Waals surface area contributed by atoms with E-state index in [-0.39, 0.29) is 18.0 Å².